The average molecular weight is 642 g/mol. The molecule has 1 aromatic heterocycles. The molecular formula is C28H27ClF3N3O7S. The van der Waals surface area contributed by atoms with Crippen molar-refractivity contribution in [2.75, 3.05) is 12.4 Å². The third kappa shape index (κ3) is 8.06. The van der Waals surface area contributed by atoms with Crippen LogP contribution in [0.1, 0.15) is 32.4 Å². The SMILES string of the molecule is CC(=O)OCC1OC(SCCc2ccccc2Cl)C(OC(C)=O)C(n2cc(-c3cc(F)c(F)c(F)c3)nn2)C1OC(C)=O. The fourth-order valence-electron chi connectivity index (χ4n) is 4.56. The van der Waals surface area contributed by atoms with Crippen LogP contribution in [0, 0.1) is 17.5 Å². The quantitative estimate of drug-likeness (QED) is 0.175. The van der Waals surface area contributed by atoms with Crippen LogP contribution in [-0.4, -0.2) is 69.0 Å². The van der Waals surface area contributed by atoms with Gasteiger partial charge in [0.2, 0.25) is 0 Å². The smallest absolute Gasteiger partial charge is 0.303 e. The molecule has 1 fully saturated rings. The van der Waals surface area contributed by atoms with Crippen LogP contribution in [0.25, 0.3) is 11.3 Å². The molecule has 1 saturated heterocycles. The highest BCUT2D eigenvalue weighted by Crippen LogP contribution is 2.39. The lowest BCUT2D eigenvalue weighted by atomic mass is 9.96. The second kappa shape index (κ2) is 14.2. The summed E-state index contributed by atoms with van der Waals surface area (Å²) in [6, 6.07) is 7.69. The molecule has 3 aromatic rings. The maximum Gasteiger partial charge on any atom is 0.303 e. The zero-order valence-corrected chi connectivity index (χ0v) is 24.7. The van der Waals surface area contributed by atoms with Gasteiger partial charge < -0.3 is 18.9 Å². The average Bonchev–Trinajstić information content (AvgIpc) is 3.42. The van der Waals surface area contributed by atoms with E-state index in [1.807, 2.05) is 12.1 Å². The van der Waals surface area contributed by atoms with Gasteiger partial charge in [-0.05, 0) is 30.2 Å². The monoisotopic (exact) mass is 641 g/mol. The third-order valence-corrected chi connectivity index (χ3v) is 7.89. The molecule has 0 spiro atoms. The number of halogens is 4. The number of carbonyl (C=O) groups excluding carboxylic acids is 3. The van der Waals surface area contributed by atoms with Gasteiger partial charge in [0, 0.05) is 37.1 Å². The molecule has 0 aliphatic carbocycles. The zero-order chi connectivity index (χ0) is 31.3. The van der Waals surface area contributed by atoms with Crippen LogP contribution >= 0.6 is 23.4 Å². The lowest BCUT2D eigenvalue weighted by molar-refractivity contribution is -0.212. The van der Waals surface area contributed by atoms with Crippen molar-refractivity contribution in [3.63, 3.8) is 0 Å². The number of hydrogen-bond donors (Lipinski definition) is 0. The van der Waals surface area contributed by atoms with Crippen molar-refractivity contribution in [1.82, 2.24) is 15.0 Å². The molecule has 4 rings (SSSR count). The molecular weight excluding hydrogens is 615 g/mol. The van der Waals surface area contributed by atoms with E-state index in [1.54, 1.807) is 12.1 Å². The van der Waals surface area contributed by atoms with E-state index in [9.17, 15) is 27.6 Å². The summed E-state index contributed by atoms with van der Waals surface area (Å²) in [4.78, 5) is 36.2. The number of thioether (sulfide) groups is 1. The first kappa shape index (κ1) is 32.3. The number of carbonyl (C=O) groups is 3. The van der Waals surface area contributed by atoms with Gasteiger partial charge in [-0.15, -0.1) is 16.9 Å². The highest BCUT2D eigenvalue weighted by atomic mass is 35.5. The normalized spacial score (nSPS) is 21.7. The Morgan fingerprint density at radius 2 is 1.65 bits per heavy atom. The molecule has 1 aliphatic heterocycles. The Kier molecular flexibility index (Phi) is 10.7. The molecule has 10 nitrogen and oxygen atoms in total. The summed E-state index contributed by atoms with van der Waals surface area (Å²) in [5, 5.41) is 8.61. The van der Waals surface area contributed by atoms with E-state index in [-0.39, 0.29) is 17.9 Å². The van der Waals surface area contributed by atoms with Gasteiger partial charge >= 0.3 is 17.9 Å². The number of rotatable bonds is 10. The summed E-state index contributed by atoms with van der Waals surface area (Å²) in [6.07, 6.45) is -1.60. The highest BCUT2D eigenvalue weighted by Gasteiger charge is 2.51. The minimum absolute atomic E-state index is 0.0492. The van der Waals surface area contributed by atoms with Crippen molar-refractivity contribution in [2.45, 2.75) is 57.0 Å². The lowest BCUT2D eigenvalue weighted by Gasteiger charge is -2.44. The predicted octanol–water partition coefficient (Wildman–Crippen LogP) is 4.68. The molecule has 2 heterocycles. The maximum absolute atomic E-state index is 14.0. The van der Waals surface area contributed by atoms with Gasteiger partial charge in [0.15, 0.2) is 29.7 Å². The van der Waals surface area contributed by atoms with Gasteiger partial charge in [-0.3, -0.25) is 14.4 Å². The van der Waals surface area contributed by atoms with Gasteiger partial charge in [0.25, 0.3) is 0 Å². The Bertz CT molecular complexity index is 1470. The number of aryl methyl sites for hydroxylation is 1. The fraction of sp³-hybridized carbons (Fsp3) is 0.393. The van der Waals surface area contributed by atoms with Crippen LogP contribution in [-0.2, 0) is 39.8 Å². The van der Waals surface area contributed by atoms with E-state index >= 15 is 0 Å². The molecule has 2 aromatic carbocycles. The van der Waals surface area contributed by atoms with Crippen LogP contribution in [0.3, 0.4) is 0 Å². The zero-order valence-electron chi connectivity index (χ0n) is 23.2. The topological polar surface area (TPSA) is 119 Å². The van der Waals surface area contributed by atoms with Crippen molar-refractivity contribution in [1.29, 1.82) is 0 Å². The van der Waals surface area contributed by atoms with E-state index < -0.39 is 65.1 Å². The van der Waals surface area contributed by atoms with E-state index in [0.29, 0.717) is 17.2 Å². The summed E-state index contributed by atoms with van der Waals surface area (Å²) in [7, 11) is 0. The number of esters is 3. The number of hydrogen-bond acceptors (Lipinski definition) is 10. The van der Waals surface area contributed by atoms with Crippen molar-refractivity contribution >= 4 is 41.3 Å². The first-order chi connectivity index (χ1) is 20.4. The molecule has 5 unspecified atom stereocenters. The van der Waals surface area contributed by atoms with Crippen molar-refractivity contribution in [3.05, 3.63) is 70.6 Å². The molecule has 0 bridgehead atoms. The molecule has 1 aliphatic rings. The molecule has 5 atom stereocenters. The van der Waals surface area contributed by atoms with Crippen LogP contribution in [0.5, 0.6) is 0 Å². The largest absolute Gasteiger partial charge is 0.463 e. The number of benzene rings is 2. The van der Waals surface area contributed by atoms with Crippen molar-refractivity contribution in [2.24, 2.45) is 0 Å². The second-order valence-electron chi connectivity index (χ2n) is 9.53. The molecule has 0 radical (unpaired) electrons. The maximum atomic E-state index is 14.0. The van der Waals surface area contributed by atoms with Gasteiger partial charge in [-0.25, -0.2) is 17.9 Å². The standard InChI is InChI=1S/C28H27ClF3N3O7S/c1-14(36)39-13-23-26(40-15(2)37)25(35-12-22(33-34-35)18-10-20(30)24(32)21(31)11-18)27(41-16(3)38)28(42-23)43-9-8-17-6-4-5-7-19(17)29/h4-7,10-12,23,25-28H,8-9,13H2,1-3H3. The Balaban J connectivity index is 1.73. The van der Waals surface area contributed by atoms with Crippen LogP contribution in [0.2, 0.25) is 5.02 Å². The first-order valence-electron chi connectivity index (χ1n) is 13.0. The number of nitrogens with zero attached hydrogens (tertiary/aromatic N) is 3. The van der Waals surface area contributed by atoms with E-state index in [2.05, 4.69) is 10.3 Å². The van der Waals surface area contributed by atoms with Crippen molar-refractivity contribution in [3.8, 4) is 11.3 Å². The van der Waals surface area contributed by atoms with E-state index in [4.69, 9.17) is 30.5 Å². The highest BCUT2D eigenvalue weighted by molar-refractivity contribution is 7.99. The van der Waals surface area contributed by atoms with E-state index in [1.165, 1.54) is 36.5 Å². The van der Waals surface area contributed by atoms with Gasteiger partial charge in [0.1, 0.15) is 29.9 Å². The Morgan fingerprint density at radius 3 is 2.28 bits per heavy atom. The summed E-state index contributed by atoms with van der Waals surface area (Å²) < 4.78 is 65.4. The molecule has 0 saturated carbocycles. The van der Waals surface area contributed by atoms with Gasteiger partial charge in [-0.1, -0.05) is 35.0 Å². The Hall–Kier alpha value is -3.62. The fourth-order valence-corrected chi connectivity index (χ4v) is 5.99. The van der Waals surface area contributed by atoms with Crippen LogP contribution < -0.4 is 0 Å². The predicted molar refractivity (Wildman–Crippen MR) is 148 cm³/mol. The third-order valence-electron chi connectivity index (χ3n) is 6.38. The summed E-state index contributed by atoms with van der Waals surface area (Å²) >= 11 is 7.57. The Labute approximate surface area is 253 Å². The molecule has 43 heavy (non-hydrogen) atoms. The van der Waals surface area contributed by atoms with Crippen molar-refractivity contribution < 1.29 is 46.5 Å². The molecule has 230 valence electrons. The summed E-state index contributed by atoms with van der Waals surface area (Å²) in [6.45, 7) is 3.21. The number of ether oxygens (including phenoxy) is 4. The molecule has 15 heteroatoms. The van der Waals surface area contributed by atoms with Gasteiger partial charge in [-0.2, -0.15) is 0 Å². The molecule has 0 amide bonds. The van der Waals surface area contributed by atoms with Gasteiger partial charge in [0.05, 0.1) is 6.20 Å². The minimum atomic E-state index is -1.64. The minimum Gasteiger partial charge on any atom is -0.463 e. The number of aromatic nitrogens is 3. The lowest BCUT2D eigenvalue weighted by Crippen LogP contribution is -2.58. The molecule has 0 N–H and O–H groups in total. The second-order valence-corrected chi connectivity index (χ2v) is 11.1. The summed E-state index contributed by atoms with van der Waals surface area (Å²) in [5.74, 6) is -6.07. The van der Waals surface area contributed by atoms with E-state index in [0.717, 1.165) is 24.6 Å². The first-order valence-corrected chi connectivity index (χ1v) is 14.4. The summed E-state index contributed by atoms with van der Waals surface area (Å²) in [5.41, 5.74) is -0.184. The van der Waals surface area contributed by atoms with Crippen LogP contribution in [0.15, 0.2) is 42.6 Å². The Morgan fingerprint density at radius 1 is 1.00 bits per heavy atom. The van der Waals surface area contributed by atoms with Crippen LogP contribution in [0.4, 0.5) is 13.2 Å².